The molecule has 2 aromatic carbocycles. The number of aliphatic hydroxyl groups is 4. The molecule has 0 aromatic heterocycles. The van der Waals surface area contributed by atoms with Crippen molar-refractivity contribution in [3.63, 3.8) is 0 Å². The van der Waals surface area contributed by atoms with E-state index in [1.54, 1.807) is 74.5 Å². The van der Waals surface area contributed by atoms with Crippen LogP contribution >= 0.6 is 0 Å². The zero-order valence-corrected chi connectivity index (χ0v) is 50.6. The lowest BCUT2D eigenvalue weighted by molar-refractivity contribution is -0.163. The maximum absolute atomic E-state index is 14.4. The highest BCUT2D eigenvalue weighted by molar-refractivity contribution is 6.06. The molecule has 1 heterocycles. The lowest BCUT2D eigenvalue weighted by atomic mass is 10.0. The number of aliphatic carboxylic acids is 1. The van der Waals surface area contributed by atoms with Crippen LogP contribution in [-0.4, -0.2) is 188 Å². The lowest BCUT2D eigenvalue weighted by Gasteiger charge is -2.32. The van der Waals surface area contributed by atoms with Gasteiger partial charge in [0.15, 0.2) is 0 Å². The van der Waals surface area contributed by atoms with E-state index in [1.807, 2.05) is 0 Å². The third-order valence-electron chi connectivity index (χ3n) is 14.4. The number of carboxylic acids is 1. The van der Waals surface area contributed by atoms with Crippen molar-refractivity contribution in [3.05, 3.63) is 71.8 Å². The first kappa shape index (κ1) is 73.8. The molecule has 11 unspecified atom stereocenters. The molecule has 16 N–H and O–H groups in total. The highest BCUT2D eigenvalue weighted by atomic mass is 16.6. The number of hydrogen-bond donors (Lipinski definition) is 14. The Bertz CT molecular complexity index is 2580. The molecule has 484 valence electrons. The number of hydrogen-bond acceptors (Lipinski definition) is 18. The number of amides is 8. The molecule has 0 radical (unpaired) electrons. The van der Waals surface area contributed by atoms with Crippen molar-refractivity contribution in [3.8, 4) is 0 Å². The molecule has 1 aliphatic rings. The third-order valence-corrected chi connectivity index (χ3v) is 14.4. The fourth-order valence-corrected chi connectivity index (χ4v) is 9.54. The maximum atomic E-state index is 14.4. The Morgan fingerprint density at radius 2 is 1.10 bits per heavy atom. The van der Waals surface area contributed by atoms with Gasteiger partial charge in [-0.15, -0.1) is 0 Å². The average Bonchev–Trinajstić information content (AvgIpc) is 2.72. The number of nitrogens with one attached hydrogen (secondary N) is 7. The van der Waals surface area contributed by atoms with Crippen molar-refractivity contribution in [1.82, 2.24) is 42.1 Å². The zero-order chi connectivity index (χ0) is 64.9. The molecule has 0 saturated carbocycles. The number of likely N-dealkylation sites (tertiary alicyclic amines) is 1. The van der Waals surface area contributed by atoms with Gasteiger partial charge in [0.2, 0.25) is 47.4 Å². The van der Waals surface area contributed by atoms with Crippen LogP contribution in [0.1, 0.15) is 123 Å². The van der Waals surface area contributed by atoms with Gasteiger partial charge >= 0.3 is 17.9 Å². The first-order valence-corrected chi connectivity index (χ1v) is 29.7. The van der Waals surface area contributed by atoms with Crippen LogP contribution in [0.15, 0.2) is 60.7 Å². The number of β-amino-alcohol motifs (C(OH)–C–C–N with tert-alkyl or cyclic N) is 1. The number of nitrogens with two attached hydrogens (primary N) is 2. The summed E-state index contributed by atoms with van der Waals surface area (Å²) < 4.78 is 5.10. The van der Waals surface area contributed by atoms with Crippen LogP contribution in [0.5, 0.6) is 0 Å². The van der Waals surface area contributed by atoms with Crippen LogP contribution in [0, 0.1) is 17.8 Å². The normalized spacial score (nSPS) is 17.1. The number of benzene rings is 2. The topological polar surface area (TPSA) is 438 Å². The monoisotopic (exact) mass is 1220 g/mol. The van der Waals surface area contributed by atoms with Crippen LogP contribution in [0.4, 0.5) is 0 Å². The Balaban J connectivity index is 1.76. The van der Waals surface area contributed by atoms with E-state index in [-0.39, 0.29) is 44.4 Å². The van der Waals surface area contributed by atoms with Gasteiger partial charge in [0, 0.05) is 25.8 Å². The molecule has 27 heteroatoms. The molecule has 3 rings (SSSR count). The van der Waals surface area contributed by atoms with Crippen LogP contribution in [-0.2, 0) is 70.3 Å². The van der Waals surface area contributed by atoms with Gasteiger partial charge in [-0.1, -0.05) is 134 Å². The lowest BCUT2D eigenvalue weighted by Crippen LogP contribution is -2.62. The minimum absolute atomic E-state index is 0.0208. The van der Waals surface area contributed by atoms with Crippen molar-refractivity contribution in [1.29, 1.82) is 0 Å². The van der Waals surface area contributed by atoms with E-state index in [2.05, 4.69) is 51.1 Å². The average molecular weight is 1230 g/mol. The molecule has 1 fully saturated rings. The van der Waals surface area contributed by atoms with Gasteiger partial charge in [-0.05, 0) is 61.1 Å². The number of carboxylic acid groups (broad SMARTS) is 1. The van der Waals surface area contributed by atoms with Gasteiger partial charge in [0.25, 0.3) is 5.91 Å². The van der Waals surface area contributed by atoms with Crippen molar-refractivity contribution >= 4 is 65.2 Å². The summed E-state index contributed by atoms with van der Waals surface area (Å²) in [6, 6.07) is 2.20. The molecule has 87 heavy (non-hydrogen) atoms. The van der Waals surface area contributed by atoms with Gasteiger partial charge in [-0.25, -0.2) is 14.4 Å². The fourth-order valence-electron chi connectivity index (χ4n) is 9.54. The second-order valence-corrected chi connectivity index (χ2v) is 23.2. The molecule has 27 nitrogen and oxygen atoms in total. The van der Waals surface area contributed by atoms with Crippen molar-refractivity contribution in [2.24, 2.45) is 29.2 Å². The summed E-state index contributed by atoms with van der Waals surface area (Å²) >= 11 is 0. The molecular weight excluding hydrogens is 1130 g/mol. The van der Waals surface area contributed by atoms with Crippen molar-refractivity contribution in [2.45, 2.75) is 192 Å². The van der Waals surface area contributed by atoms with Crippen LogP contribution in [0.2, 0.25) is 0 Å². The maximum Gasteiger partial charge on any atom is 0.336 e. The van der Waals surface area contributed by atoms with E-state index in [0.29, 0.717) is 42.9 Å². The largest absolute Gasteiger partial charge is 0.479 e. The summed E-state index contributed by atoms with van der Waals surface area (Å²) in [5.74, 6) is -12.8. The fraction of sp³-hybridized carbons (Fsp3) is 0.617. The predicted octanol–water partition coefficient (Wildman–Crippen LogP) is -1.52. The highest BCUT2D eigenvalue weighted by Gasteiger charge is 2.44. The standard InChI is InChI=1S/C60H92N10O17/c1-34(2)18-10-7-15-23-39(73)30-48(75)68-50(58(83)84)56(81)64-43(27-37-19-11-8-12-20-37)52(77)66-46(33-72)54(79)69-49(36(5)6)57(82)70-31-40(74)29-47(70)55(80)67-45(32-71)53(78)63-42(26-35(3)4)51(76)65-44(28-38-21-13-9-14-22-38)60(86)87-59(85)41(62)24-16-17-25-61/h8-9,11-14,19-22,34-36,39-47,49-50,71-74H,7,10,15-18,23-33,61-62H2,1-6H3,(H,63,78)(H,64,81)(H,65,76)(H,66,77)(H,67,80)(H,68,75)(H,69,79)(H,83,84). The zero-order valence-electron chi connectivity index (χ0n) is 50.6. The first-order chi connectivity index (χ1) is 41.2. The summed E-state index contributed by atoms with van der Waals surface area (Å²) in [4.78, 5) is 150. The number of esters is 2. The highest BCUT2D eigenvalue weighted by Crippen LogP contribution is 2.22. The van der Waals surface area contributed by atoms with Gasteiger partial charge in [-0.2, -0.15) is 0 Å². The van der Waals surface area contributed by atoms with Gasteiger partial charge in [0.05, 0.1) is 31.8 Å². The molecule has 0 bridgehead atoms. The number of nitrogens with zero attached hydrogens (tertiary/aromatic N) is 1. The van der Waals surface area contributed by atoms with E-state index in [0.717, 1.165) is 24.2 Å². The third kappa shape index (κ3) is 25.8. The Morgan fingerprint density at radius 1 is 0.598 bits per heavy atom. The van der Waals surface area contributed by atoms with Gasteiger partial charge < -0.3 is 83.9 Å². The summed E-state index contributed by atoms with van der Waals surface area (Å²) in [6.45, 7) is 8.55. The molecule has 11 atom stereocenters. The minimum Gasteiger partial charge on any atom is -0.479 e. The quantitative estimate of drug-likeness (QED) is 0.0206. The number of unbranched alkanes of at least 4 members (excludes halogenated alkanes) is 3. The molecule has 1 aliphatic heterocycles. The summed E-state index contributed by atoms with van der Waals surface area (Å²) in [5, 5.41) is 68.8. The number of ether oxygens (including phenoxy) is 1. The van der Waals surface area contributed by atoms with Crippen LogP contribution in [0.25, 0.3) is 0 Å². The Hall–Kier alpha value is -7.43. The minimum atomic E-state index is -2.22. The molecule has 2 aromatic rings. The Labute approximate surface area is 507 Å². The second-order valence-electron chi connectivity index (χ2n) is 23.2. The second kappa shape index (κ2) is 38.0. The van der Waals surface area contributed by atoms with Crippen LogP contribution in [0.3, 0.4) is 0 Å². The molecule has 1 saturated heterocycles. The van der Waals surface area contributed by atoms with Gasteiger partial charge in [0.1, 0.15) is 48.3 Å². The Kier molecular flexibility index (Phi) is 32.2. The number of aliphatic hydroxyl groups excluding tert-OH is 4. The summed E-state index contributed by atoms with van der Waals surface area (Å²) in [5.41, 5.74) is 12.5. The molecule has 0 spiro atoms. The van der Waals surface area contributed by atoms with Crippen molar-refractivity contribution < 1.29 is 83.0 Å². The van der Waals surface area contributed by atoms with E-state index in [1.165, 1.54) is 13.8 Å². The summed E-state index contributed by atoms with van der Waals surface area (Å²) in [7, 11) is 0. The Morgan fingerprint density at radius 3 is 1.66 bits per heavy atom. The van der Waals surface area contributed by atoms with E-state index in [9.17, 15) is 78.3 Å². The van der Waals surface area contributed by atoms with Crippen molar-refractivity contribution in [2.75, 3.05) is 26.3 Å². The molecule has 0 aliphatic carbocycles. The molecular formula is C60H92N10O17. The smallest absolute Gasteiger partial charge is 0.336 e. The van der Waals surface area contributed by atoms with Gasteiger partial charge in [-0.3, -0.25) is 38.4 Å². The van der Waals surface area contributed by atoms with E-state index >= 15 is 0 Å². The van der Waals surface area contributed by atoms with E-state index < -0.39 is 164 Å². The predicted molar refractivity (Wildman–Crippen MR) is 317 cm³/mol. The summed E-state index contributed by atoms with van der Waals surface area (Å²) in [6.07, 6.45) is 1.18. The number of carbonyl (C=O) groups is 11. The van der Waals surface area contributed by atoms with Crippen LogP contribution < -0.4 is 48.7 Å². The number of rotatable bonds is 38. The first-order valence-electron chi connectivity index (χ1n) is 29.7. The SMILES string of the molecule is CC(C)CCCCCC(O)CC(=O)NC(C(=O)O)C(=O)NC(Cc1ccccc1)C(=O)NC(CO)C(=O)NC(C(=O)N1CC(O)CC1C(=O)NC(CO)C(=O)NC(CC(C)C)C(=O)NC(Cc1ccccc1)C(=O)OC(=O)C(N)CCCCN)C(C)C. The number of carbonyl (C=O) groups excluding carboxylic acids is 10. The molecule has 8 amide bonds. The van der Waals surface area contributed by atoms with E-state index in [4.69, 9.17) is 16.2 Å².